The summed E-state index contributed by atoms with van der Waals surface area (Å²) in [5.41, 5.74) is 1.48. The third-order valence-corrected chi connectivity index (χ3v) is 5.58. The maximum Gasteiger partial charge on any atom is 0.573 e. The van der Waals surface area contributed by atoms with Crippen molar-refractivity contribution in [3.05, 3.63) is 65.2 Å². The predicted octanol–water partition coefficient (Wildman–Crippen LogP) is 3.68. The number of ether oxygens (including phenoxy) is 3. The van der Waals surface area contributed by atoms with Gasteiger partial charge in [0.25, 0.3) is 11.8 Å². The number of rotatable bonds is 5. The van der Waals surface area contributed by atoms with Gasteiger partial charge < -0.3 is 24.8 Å². The molecule has 200 valence electrons. The van der Waals surface area contributed by atoms with Gasteiger partial charge in [0.05, 0.1) is 12.6 Å². The van der Waals surface area contributed by atoms with Gasteiger partial charge in [0, 0.05) is 31.9 Å². The first-order valence-electron chi connectivity index (χ1n) is 11.9. The van der Waals surface area contributed by atoms with Crippen molar-refractivity contribution in [2.45, 2.75) is 51.2 Å². The summed E-state index contributed by atoms with van der Waals surface area (Å²) in [5.74, 6) is -2.61. The van der Waals surface area contributed by atoms with Crippen LogP contribution in [-0.2, 0) is 32.2 Å². The first-order chi connectivity index (χ1) is 17.7. The molecule has 0 aromatic heterocycles. The summed E-state index contributed by atoms with van der Waals surface area (Å²) in [6, 6.07) is 10.7. The molecule has 0 fully saturated rings. The molecule has 1 unspecified atom stereocenters. The molecular formula is C26H29F3N2O6. The summed E-state index contributed by atoms with van der Waals surface area (Å²) < 4.78 is 52.0. The van der Waals surface area contributed by atoms with Gasteiger partial charge in [-0.15, -0.1) is 13.2 Å². The van der Waals surface area contributed by atoms with E-state index < -0.39 is 35.8 Å². The van der Waals surface area contributed by atoms with E-state index in [2.05, 4.69) is 15.4 Å². The number of carbonyl (C=O) groups excluding carboxylic acids is 3. The summed E-state index contributed by atoms with van der Waals surface area (Å²) in [6.45, 7) is 1.62. The molecule has 1 atom stereocenters. The largest absolute Gasteiger partial charge is 0.573 e. The standard InChI is InChI=1S/C26H29F3N2O6/c27-26(28,29)37-20-11-9-18(10-12-20)16-30-25(34)23(32)22-8-3-4-13-35-14-5-15-36-17-19-6-1-2-7-21(19)24(33)31-22/h1-2,6-7,9-12,22H,3-5,8,13-17H2,(H,30,34)(H,31,33). The van der Waals surface area contributed by atoms with E-state index in [4.69, 9.17) is 9.47 Å². The molecule has 1 aliphatic heterocycles. The normalized spacial score (nSPS) is 17.9. The molecule has 1 heterocycles. The van der Waals surface area contributed by atoms with Gasteiger partial charge in [-0.1, -0.05) is 30.3 Å². The number of halogens is 3. The predicted molar refractivity (Wildman–Crippen MR) is 127 cm³/mol. The van der Waals surface area contributed by atoms with Gasteiger partial charge in [-0.2, -0.15) is 0 Å². The number of nitrogens with one attached hydrogen (secondary N) is 2. The van der Waals surface area contributed by atoms with Crippen LogP contribution in [0.15, 0.2) is 48.5 Å². The lowest BCUT2D eigenvalue weighted by Crippen LogP contribution is -2.47. The van der Waals surface area contributed by atoms with Gasteiger partial charge in [0.15, 0.2) is 0 Å². The second-order valence-corrected chi connectivity index (χ2v) is 8.44. The van der Waals surface area contributed by atoms with Crippen molar-refractivity contribution in [2.75, 3.05) is 19.8 Å². The van der Waals surface area contributed by atoms with E-state index in [9.17, 15) is 27.6 Å². The number of hydrogen-bond donors (Lipinski definition) is 2. The molecule has 0 aliphatic carbocycles. The Kier molecular flexibility index (Phi) is 10.5. The number of amides is 2. The Labute approximate surface area is 212 Å². The SMILES string of the molecule is O=C(NCc1ccc(OC(F)(F)F)cc1)C(=O)C1CCCCOCCCOCc2ccccc2C(=O)N1. The zero-order valence-electron chi connectivity index (χ0n) is 20.1. The molecule has 37 heavy (non-hydrogen) atoms. The minimum absolute atomic E-state index is 0.0917. The minimum Gasteiger partial charge on any atom is -0.406 e. The molecule has 0 spiro atoms. The lowest BCUT2D eigenvalue weighted by molar-refractivity contribution is -0.274. The van der Waals surface area contributed by atoms with Crippen LogP contribution in [0, 0.1) is 0 Å². The Morgan fingerprint density at radius 3 is 2.43 bits per heavy atom. The van der Waals surface area contributed by atoms with Gasteiger partial charge >= 0.3 is 6.36 Å². The highest BCUT2D eigenvalue weighted by atomic mass is 19.4. The number of carbonyl (C=O) groups is 3. The fourth-order valence-corrected chi connectivity index (χ4v) is 3.71. The fraction of sp³-hybridized carbons (Fsp3) is 0.423. The van der Waals surface area contributed by atoms with Crippen LogP contribution < -0.4 is 15.4 Å². The van der Waals surface area contributed by atoms with Gasteiger partial charge in [0.2, 0.25) is 5.78 Å². The van der Waals surface area contributed by atoms with E-state index in [1.807, 2.05) is 0 Å². The average molecular weight is 523 g/mol. The summed E-state index contributed by atoms with van der Waals surface area (Å²) in [5, 5.41) is 5.15. The zero-order valence-corrected chi connectivity index (χ0v) is 20.1. The quantitative estimate of drug-likeness (QED) is 0.581. The topological polar surface area (TPSA) is 103 Å². The maximum absolute atomic E-state index is 13.0. The Hall–Kier alpha value is -3.44. The monoisotopic (exact) mass is 522 g/mol. The Morgan fingerprint density at radius 1 is 0.973 bits per heavy atom. The Balaban J connectivity index is 1.65. The highest BCUT2D eigenvalue weighted by Gasteiger charge is 2.31. The lowest BCUT2D eigenvalue weighted by atomic mass is 10.0. The van der Waals surface area contributed by atoms with Crippen LogP contribution in [0.4, 0.5) is 13.2 Å². The molecule has 0 saturated carbocycles. The van der Waals surface area contributed by atoms with Gasteiger partial charge in [-0.3, -0.25) is 14.4 Å². The maximum atomic E-state index is 13.0. The van der Waals surface area contributed by atoms with E-state index in [1.54, 1.807) is 24.3 Å². The van der Waals surface area contributed by atoms with Crippen molar-refractivity contribution in [3.8, 4) is 5.75 Å². The van der Waals surface area contributed by atoms with Crippen molar-refractivity contribution in [3.63, 3.8) is 0 Å². The fourth-order valence-electron chi connectivity index (χ4n) is 3.71. The van der Waals surface area contributed by atoms with Crippen molar-refractivity contribution in [1.29, 1.82) is 0 Å². The average Bonchev–Trinajstić information content (AvgIpc) is 2.87. The summed E-state index contributed by atoms with van der Waals surface area (Å²) >= 11 is 0. The van der Waals surface area contributed by atoms with Crippen LogP contribution in [0.1, 0.15) is 47.2 Å². The van der Waals surface area contributed by atoms with Crippen molar-refractivity contribution in [2.24, 2.45) is 0 Å². The van der Waals surface area contributed by atoms with Crippen LogP contribution in [0.2, 0.25) is 0 Å². The highest BCUT2D eigenvalue weighted by molar-refractivity contribution is 6.38. The number of Topliss-reactive ketones (excluding diaryl/α,β-unsaturated/α-hetero) is 1. The van der Waals surface area contributed by atoms with E-state index in [0.717, 1.165) is 12.1 Å². The molecule has 2 aromatic rings. The molecule has 0 radical (unpaired) electrons. The number of alkyl halides is 3. The first-order valence-corrected chi connectivity index (χ1v) is 11.9. The minimum atomic E-state index is -4.81. The third kappa shape index (κ3) is 9.51. The highest BCUT2D eigenvalue weighted by Crippen LogP contribution is 2.22. The second-order valence-electron chi connectivity index (χ2n) is 8.44. The molecule has 0 bridgehead atoms. The summed E-state index contributed by atoms with van der Waals surface area (Å²) in [6.07, 6.45) is -2.66. The van der Waals surface area contributed by atoms with Crippen molar-refractivity contribution >= 4 is 17.6 Å². The molecule has 0 saturated heterocycles. The number of hydrogen-bond acceptors (Lipinski definition) is 6. The Bertz CT molecular complexity index is 1060. The van der Waals surface area contributed by atoms with Crippen LogP contribution in [-0.4, -0.2) is 49.8 Å². The molecular weight excluding hydrogens is 493 g/mol. The lowest BCUT2D eigenvalue weighted by Gasteiger charge is -2.18. The number of benzene rings is 2. The third-order valence-electron chi connectivity index (χ3n) is 5.58. The van der Waals surface area contributed by atoms with Gasteiger partial charge in [-0.25, -0.2) is 0 Å². The van der Waals surface area contributed by atoms with Crippen LogP contribution >= 0.6 is 0 Å². The van der Waals surface area contributed by atoms with E-state index >= 15 is 0 Å². The molecule has 2 amide bonds. The van der Waals surface area contributed by atoms with Gasteiger partial charge in [0.1, 0.15) is 5.75 Å². The number of fused-ring (bicyclic) bond motifs is 1. The molecule has 2 aromatic carbocycles. The van der Waals surface area contributed by atoms with Crippen LogP contribution in [0.5, 0.6) is 5.75 Å². The first kappa shape index (κ1) is 28.1. The van der Waals surface area contributed by atoms with Gasteiger partial charge in [-0.05, 0) is 55.0 Å². The molecule has 3 rings (SSSR count). The molecule has 2 N–H and O–H groups in total. The molecule has 11 heteroatoms. The smallest absolute Gasteiger partial charge is 0.406 e. The van der Waals surface area contributed by atoms with E-state index in [1.165, 1.54) is 12.1 Å². The Morgan fingerprint density at radius 2 is 1.68 bits per heavy atom. The summed E-state index contributed by atoms with van der Waals surface area (Å²) in [4.78, 5) is 38.6. The van der Waals surface area contributed by atoms with Crippen molar-refractivity contribution < 1.29 is 41.8 Å². The summed E-state index contributed by atoms with van der Waals surface area (Å²) in [7, 11) is 0. The second kappa shape index (κ2) is 13.8. The van der Waals surface area contributed by atoms with E-state index in [0.29, 0.717) is 55.8 Å². The van der Waals surface area contributed by atoms with Crippen molar-refractivity contribution in [1.82, 2.24) is 10.6 Å². The molecule has 8 nitrogen and oxygen atoms in total. The van der Waals surface area contributed by atoms with Crippen LogP contribution in [0.25, 0.3) is 0 Å². The zero-order chi connectivity index (χ0) is 26.7. The number of ketones is 1. The molecule has 1 aliphatic rings. The van der Waals surface area contributed by atoms with E-state index in [-0.39, 0.29) is 19.6 Å². The van der Waals surface area contributed by atoms with Crippen LogP contribution in [0.3, 0.4) is 0 Å².